The van der Waals surface area contributed by atoms with Gasteiger partial charge < -0.3 is 5.73 Å². The average molecular weight is 125 g/mol. The highest BCUT2D eigenvalue weighted by molar-refractivity contribution is 5.04. The summed E-state index contributed by atoms with van der Waals surface area (Å²) in [5, 5.41) is 0. The summed E-state index contributed by atoms with van der Waals surface area (Å²) in [6.07, 6.45) is 5.15. The van der Waals surface area contributed by atoms with Crippen LogP contribution in [0.2, 0.25) is 0 Å². The van der Waals surface area contributed by atoms with Crippen molar-refractivity contribution in [1.82, 2.24) is 0 Å². The van der Waals surface area contributed by atoms with E-state index in [1.807, 2.05) is 0 Å². The molecule has 0 amide bonds. The molecule has 9 heavy (non-hydrogen) atoms. The van der Waals surface area contributed by atoms with E-state index in [0.29, 0.717) is 0 Å². The SMILES string of the molecule is C=C(CCN)C1CCC1. The van der Waals surface area contributed by atoms with Gasteiger partial charge in [-0.3, -0.25) is 0 Å². The van der Waals surface area contributed by atoms with Gasteiger partial charge in [-0.1, -0.05) is 18.6 Å². The van der Waals surface area contributed by atoms with E-state index in [9.17, 15) is 0 Å². The van der Waals surface area contributed by atoms with Crippen LogP contribution in [-0.4, -0.2) is 6.54 Å². The molecule has 0 aliphatic heterocycles. The van der Waals surface area contributed by atoms with Gasteiger partial charge in [-0.05, 0) is 31.7 Å². The Bertz CT molecular complexity index is 103. The van der Waals surface area contributed by atoms with Crippen molar-refractivity contribution >= 4 is 0 Å². The summed E-state index contributed by atoms with van der Waals surface area (Å²) in [6.45, 7) is 4.76. The third-order valence-electron chi connectivity index (χ3n) is 2.15. The van der Waals surface area contributed by atoms with Crippen LogP contribution >= 0.6 is 0 Å². The minimum atomic E-state index is 0.773. The van der Waals surface area contributed by atoms with Crippen LogP contribution < -0.4 is 5.73 Å². The van der Waals surface area contributed by atoms with Gasteiger partial charge in [-0.2, -0.15) is 0 Å². The molecule has 0 aromatic rings. The second-order valence-corrected chi connectivity index (χ2v) is 2.82. The Morgan fingerprint density at radius 1 is 1.56 bits per heavy atom. The van der Waals surface area contributed by atoms with Crippen molar-refractivity contribution in [2.75, 3.05) is 6.54 Å². The fourth-order valence-corrected chi connectivity index (χ4v) is 1.21. The standard InChI is InChI=1S/C8H15N/c1-7(5-6-9)8-3-2-4-8/h8H,1-6,9H2. The zero-order valence-corrected chi connectivity index (χ0v) is 5.90. The van der Waals surface area contributed by atoms with Crippen molar-refractivity contribution in [2.45, 2.75) is 25.7 Å². The van der Waals surface area contributed by atoms with E-state index in [2.05, 4.69) is 6.58 Å². The maximum atomic E-state index is 5.39. The van der Waals surface area contributed by atoms with Crippen LogP contribution in [0.15, 0.2) is 12.2 Å². The normalized spacial score (nSPS) is 19.2. The van der Waals surface area contributed by atoms with Crippen LogP contribution in [0.5, 0.6) is 0 Å². The highest BCUT2D eigenvalue weighted by atomic mass is 14.5. The Morgan fingerprint density at radius 2 is 2.22 bits per heavy atom. The highest BCUT2D eigenvalue weighted by Gasteiger charge is 2.19. The lowest BCUT2D eigenvalue weighted by Crippen LogP contribution is -2.15. The Kier molecular flexibility index (Phi) is 2.29. The van der Waals surface area contributed by atoms with Gasteiger partial charge in [-0.15, -0.1) is 0 Å². The smallest absolute Gasteiger partial charge is 0.00399 e. The maximum Gasteiger partial charge on any atom is -0.00399 e. The summed E-state index contributed by atoms with van der Waals surface area (Å²) >= 11 is 0. The summed E-state index contributed by atoms with van der Waals surface area (Å²) in [6, 6.07) is 0. The molecule has 0 bridgehead atoms. The summed E-state index contributed by atoms with van der Waals surface area (Å²) in [7, 11) is 0. The molecular formula is C8H15N. The Labute approximate surface area is 56.9 Å². The quantitative estimate of drug-likeness (QED) is 0.571. The monoisotopic (exact) mass is 125 g/mol. The fourth-order valence-electron chi connectivity index (χ4n) is 1.21. The van der Waals surface area contributed by atoms with Crippen molar-refractivity contribution in [3.05, 3.63) is 12.2 Å². The molecule has 0 aromatic heterocycles. The van der Waals surface area contributed by atoms with Crippen LogP contribution in [0.3, 0.4) is 0 Å². The molecule has 0 aromatic carbocycles. The molecule has 52 valence electrons. The molecule has 0 saturated heterocycles. The van der Waals surface area contributed by atoms with E-state index >= 15 is 0 Å². The minimum Gasteiger partial charge on any atom is -0.330 e. The van der Waals surface area contributed by atoms with Gasteiger partial charge in [0.25, 0.3) is 0 Å². The molecule has 0 atom stereocenters. The second-order valence-electron chi connectivity index (χ2n) is 2.82. The van der Waals surface area contributed by atoms with Gasteiger partial charge in [0, 0.05) is 0 Å². The van der Waals surface area contributed by atoms with Crippen LogP contribution in [0, 0.1) is 5.92 Å². The molecular weight excluding hydrogens is 110 g/mol. The zero-order valence-electron chi connectivity index (χ0n) is 5.90. The first-order valence-corrected chi connectivity index (χ1v) is 3.72. The van der Waals surface area contributed by atoms with Crippen LogP contribution in [0.4, 0.5) is 0 Å². The molecule has 0 radical (unpaired) electrons. The predicted octanol–water partition coefficient (Wildman–Crippen LogP) is 1.69. The lowest BCUT2D eigenvalue weighted by Gasteiger charge is -2.27. The topological polar surface area (TPSA) is 26.0 Å². The molecule has 1 aliphatic carbocycles. The van der Waals surface area contributed by atoms with E-state index in [-0.39, 0.29) is 0 Å². The van der Waals surface area contributed by atoms with Crippen molar-refractivity contribution in [3.8, 4) is 0 Å². The number of rotatable bonds is 3. The van der Waals surface area contributed by atoms with Crippen molar-refractivity contribution < 1.29 is 0 Å². The zero-order chi connectivity index (χ0) is 6.69. The second kappa shape index (κ2) is 3.02. The molecule has 2 N–H and O–H groups in total. The van der Waals surface area contributed by atoms with E-state index in [0.717, 1.165) is 18.9 Å². The number of hydrogen-bond acceptors (Lipinski definition) is 1. The van der Waals surface area contributed by atoms with Gasteiger partial charge in [0.1, 0.15) is 0 Å². The minimum absolute atomic E-state index is 0.773. The molecule has 1 nitrogen and oxygen atoms in total. The number of nitrogens with two attached hydrogens (primary N) is 1. The van der Waals surface area contributed by atoms with Gasteiger partial charge in [0.15, 0.2) is 0 Å². The molecule has 1 rings (SSSR count). The van der Waals surface area contributed by atoms with Crippen LogP contribution in [-0.2, 0) is 0 Å². The highest BCUT2D eigenvalue weighted by Crippen LogP contribution is 2.33. The molecule has 1 saturated carbocycles. The Morgan fingerprint density at radius 3 is 2.56 bits per heavy atom. The summed E-state index contributed by atoms with van der Waals surface area (Å²) < 4.78 is 0. The fraction of sp³-hybridized carbons (Fsp3) is 0.750. The van der Waals surface area contributed by atoms with Gasteiger partial charge in [0.05, 0.1) is 0 Å². The van der Waals surface area contributed by atoms with E-state index in [4.69, 9.17) is 5.73 Å². The Hall–Kier alpha value is -0.300. The van der Waals surface area contributed by atoms with Crippen LogP contribution in [0.1, 0.15) is 25.7 Å². The van der Waals surface area contributed by atoms with Crippen LogP contribution in [0.25, 0.3) is 0 Å². The molecule has 1 fully saturated rings. The summed E-state index contributed by atoms with van der Waals surface area (Å²) in [5.41, 5.74) is 6.76. The van der Waals surface area contributed by atoms with Crippen molar-refractivity contribution in [3.63, 3.8) is 0 Å². The van der Waals surface area contributed by atoms with E-state index in [1.165, 1.54) is 24.8 Å². The molecule has 0 spiro atoms. The molecule has 1 aliphatic rings. The first-order valence-electron chi connectivity index (χ1n) is 3.72. The van der Waals surface area contributed by atoms with Crippen molar-refractivity contribution in [2.24, 2.45) is 11.7 Å². The Balaban J connectivity index is 2.16. The molecule has 0 unspecified atom stereocenters. The largest absolute Gasteiger partial charge is 0.330 e. The number of hydrogen-bond donors (Lipinski definition) is 1. The first-order chi connectivity index (χ1) is 4.34. The van der Waals surface area contributed by atoms with Gasteiger partial charge in [-0.25, -0.2) is 0 Å². The molecule has 0 heterocycles. The maximum absolute atomic E-state index is 5.39. The molecule has 1 heteroatoms. The summed E-state index contributed by atoms with van der Waals surface area (Å²) in [5.74, 6) is 0.827. The first kappa shape index (κ1) is 6.81. The summed E-state index contributed by atoms with van der Waals surface area (Å²) in [4.78, 5) is 0. The third-order valence-corrected chi connectivity index (χ3v) is 2.15. The lowest BCUT2D eigenvalue weighted by molar-refractivity contribution is 0.361. The lowest BCUT2D eigenvalue weighted by atomic mass is 9.79. The van der Waals surface area contributed by atoms with E-state index in [1.54, 1.807) is 0 Å². The van der Waals surface area contributed by atoms with Crippen molar-refractivity contribution in [1.29, 1.82) is 0 Å². The average Bonchev–Trinajstić information content (AvgIpc) is 1.60. The van der Waals surface area contributed by atoms with E-state index < -0.39 is 0 Å². The third kappa shape index (κ3) is 1.55. The van der Waals surface area contributed by atoms with Gasteiger partial charge >= 0.3 is 0 Å². The van der Waals surface area contributed by atoms with Gasteiger partial charge in [0.2, 0.25) is 0 Å². The predicted molar refractivity (Wildman–Crippen MR) is 40.2 cm³/mol.